The maximum atomic E-state index is 12.6. The van der Waals surface area contributed by atoms with Gasteiger partial charge in [-0.3, -0.25) is 0 Å². The molecule has 5 heteroatoms. The highest BCUT2D eigenvalue weighted by Crippen LogP contribution is 2.29. The topological polar surface area (TPSA) is 29.0 Å². The maximum absolute atomic E-state index is 12.6. The molecule has 1 heterocycles. The highest BCUT2D eigenvalue weighted by molar-refractivity contribution is 9.09. The molecule has 0 aromatic carbocycles. The molecule has 0 amide bonds. The zero-order valence-electron chi connectivity index (χ0n) is 7.66. The molecule has 0 N–H and O–H groups in total. The molecule has 76 valence electrons. The van der Waals surface area contributed by atoms with Crippen molar-refractivity contribution in [1.29, 1.82) is 0 Å². The minimum atomic E-state index is -0.386. The van der Waals surface area contributed by atoms with E-state index < -0.39 is 0 Å². The maximum Gasteiger partial charge on any atom is 0.225 e. The second kappa shape index (κ2) is 4.21. The van der Waals surface area contributed by atoms with Crippen LogP contribution in [0.2, 0.25) is 0 Å². The van der Waals surface area contributed by atoms with Crippen LogP contribution in [0.3, 0.4) is 0 Å². The van der Waals surface area contributed by atoms with Crippen LogP contribution in [-0.2, 0) is 0 Å². The molecule has 14 heavy (non-hydrogen) atoms. The number of aromatic nitrogens is 2. The van der Waals surface area contributed by atoms with Crippen LogP contribution in [0.1, 0.15) is 12.8 Å². The molecule has 1 aromatic heterocycles. The summed E-state index contributed by atoms with van der Waals surface area (Å²) in [5, 5.41) is 0.879. The van der Waals surface area contributed by atoms with Crippen molar-refractivity contribution in [3.05, 3.63) is 18.2 Å². The number of halogens is 2. The number of rotatable bonds is 4. The van der Waals surface area contributed by atoms with Crippen molar-refractivity contribution in [2.75, 3.05) is 16.8 Å². The lowest BCUT2D eigenvalue weighted by Crippen LogP contribution is -2.29. The summed E-state index contributed by atoms with van der Waals surface area (Å²) in [4.78, 5) is 10.1. The van der Waals surface area contributed by atoms with E-state index in [1.807, 2.05) is 0 Å². The Morgan fingerprint density at radius 1 is 1.43 bits per heavy atom. The minimum absolute atomic E-state index is 0.386. The van der Waals surface area contributed by atoms with E-state index >= 15 is 0 Å². The highest BCUT2D eigenvalue weighted by atomic mass is 79.9. The molecule has 1 aliphatic rings. The summed E-state index contributed by atoms with van der Waals surface area (Å²) in [5.74, 6) is 0.247. The highest BCUT2D eigenvalue weighted by Gasteiger charge is 2.30. The van der Waals surface area contributed by atoms with Gasteiger partial charge in [0, 0.05) is 17.9 Å². The van der Waals surface area contributed by atoms with Crippen LogP contribution < -0.4 is 4.90 Å². The van der Waals surface area contributed by atoms with Gasteiger partial charge in [0.05, 0.1) is 12.4 Å². The number of hydrogen-bond donors (Lipinski definition) is 0. The largest absolute Gasteiger partial charge is 0.337 e. The van der Waals surface area contributed by atoms with Crippen LogP contribution in [0.15, 0.2) is 12.4 Å². The summed E-state index contributed by atoms with van der Waals surface area (Å²) in [5.41, 5.74) is 0. The molecule has 1 saturated carbocycles. The lowest BCUT2D eigenvalue weighted by molar-refractivity contribution is 0.611. The molecule has 0 saturated heterocycles. The molecule has 1 aromatic rings. The molecule has 0 bridgehead atoms. The van der Waals surface area contributed by atoms with Gasteiger partial charge in [0.15, 0.2) is 5.82 Å². The van der Waals surface area contributed by atoms with E-state index in [-0.39, 0.29) is 5.82 Å². The van der Waals surface area contributed by atoms with Gasteiger partial charge in [-0.1, -0.05) is 15.9 Å². The Kier molecular flexibility index (Phi) is 2.96. The van der Waals surface area contributed by atoms with Crippen LogP contribution in [0.25, 0.3) is 0 Å². The SMILES string of the molecule is Fc1cnc(N(CCBr)C2CC2)nc1. The first kappa shape index (κ1) is 9.83. The zero-order valence-corrected chi connectivity index (χ0v) is 9.24. The first-order valence-corrected chi connectivity index (χ1v) is 5.73. The van der Waals surface area contributed by atoms with E-state index in [1.54, 1.807) is 0 Å². The van der Waals surface area contributed by atoms with Crippen LogP contribution >= 0.6 is 15.9 Å². The van der Waals surface area contributed by atoms with E-state index in [9.17, 15) is 4.39 Å². The van der Waals surface area contributed by atoms with Crippen LogP contribution in [0, 0.1) is 5.82 Å². The number of hydrogen-bond acceptors (Lipinski definition) is 3. The van der Waals surface area contributed by atoms with Gasteiger partial charge in [0.2, 0.25) is 5.95 Å². The molecule has 0 unspecified atom stereocenters. The first-order valence-electron chi connectivity index (χ1n) is 4.61. The van der Waals surface area contributed by atoms with Crippen molar-refractivity contribution in [1.82, 2.24) is 9.97 Å². The van der Waals surface area contributed by atoms with Crippen molar-refractivity contribution < 1.29 is 4.39 Å². The molecule has 3 nitrogen and oxygen atoms in total. The van der Waals surface area contributed by atoms with Crippen LogP contribution in [-0.4, -0.2) is 27.9 Å². The lowest BCUT2D eigenvalue weighted by atomic mass is 10.5. The number of alkyl halides is 1. The van der Waals surface area contributed by atoms with Gasteiger partial charge in [-0.25, -0.2) is 14.4 Å². The van der Waals surface area contributed by atoms with Gasteiger partial charge in [-0.15, -0.1) is 0 Å². The molecule has 0 aliphatic heterocycles. The molecule has 0 atom stereocenters. The third kappa shape index (κ3) is 2.20. The average molecular weight is 260 g/mol. The predicted octanol–water partition coefficient (Wildman–Crippen LogP) is 1.98. The van der Waals surface area contributed by atoms with Gasteiger partial charge >= 0.3 is 0 Å². The first-order chi connectivity index (χ1) is 6.81. The Hall–Kier alpha value is -0.710. The summed E-state index contributed by atoms with van der Waals surface area (Å²) >= 11 is 3.39. The fourth-order valence-corrected chi connectivity index (χ4v) is 1.76. The monoisotopic (exact) mass is 259 g/mol. The quantitative estimate of drug-likeness (QED) is 0.775. The molecule has 2 rings (SSSR count). The number of anilines is 1. The third-order valence-corrected chi connectivity index (χ3v) is 2.53. The van der Waals surface area contributed by atoms with Crippen molar-refractivity contribution >= 4 is 21.9 Å². The van der Waals surface area contributed by atoms with E-state index in [2.05, 4.69) is 30.8 Å². The van der Waals surface area contributed by atoms with E-state index in [0.717, 1.165) is 11.9 Å². The summed E-state index contributed by atoms with van der Waals surface area (Å²) < 4.78 is 12.6. The number of nitrogens with zero attached hydrogens (tertiary/aromatic N) is 3. The molecule has 1 aliphatic carbocycles. The fourth-order valence-electron chi connectivity index (χ4n) is 1.38. The molecular formula is C9H11BrFN3. The van der Waals surface area contributed by atoms with Crippen molar-refractivity contribution in [3.8, 4) is 0 Å². The lowest BCUT2D eigenvalue weighted by Gasteiger charge is -2.20. The summed E-state index contributed by atoms with van der Waals surface area (Å²) in [6.07, 6.45) is 4.80. The van der Waals surface area contributed by atoms with Crippen LogP contribution in [0.5, 0.6) is 0 Å². The molecule has 0 radical (unpaired) electrons. The van der Waals surface area contributed by atoms with E-state index in [4.69, 9.17) is 0 Å². The normalized spacial score (nSPS) is 15.6. The molecule has 0 spiro atoms. The van der Waals surface area contributed by atoms with Gasteiger partial charge in [0.25, 0.3) is 0 Å². The van der Waals surface area contributed by atoms with Crippen molar-refractivity contribution in [3.63, 3.8) is 0 Å². The molecular weight excluding hydrogens is 249 g/mol. The predicted molar refractivity (Wildman–Crippen MR) is 56.2 cm³/mol. The Bertz CT molecular complexity index is 299. The summed E-state index contributed by atoms with van der Waals surface area (Å²) in [7, 11) is 0. The van der Waals surface area contributed by atoms with E-state index in [0.29, 0.717) is 12.0 Å². The van der Waals surface area contributed by atoms with Gasteiger partial charge in [-0.2, -0.15) is 0 Å². The Balaban J connectivity index is 2.13. The van der Waals surface area contributed by atoms with Gasteiger partial charge < -0.3 is 4.90 Å². The third-order valence-electron chi connectivity index (χ3n) is 2.18. The minimum Gasteiger partial charge on any atom is -0.337 e. The van der Waals surface area contributed by atoms with E-state index in [1.165, 1.54) is 25.2 Å². The second-order valence-electron chi connectivity index (χ2n) is 3.31. The second-order valence-corrected chi connectivity index (χ2v) is 4.11. The van der Waals surface area contributed by atoms with Gasteiger partial charge in [-0.05, 0) is 12.8 Å². The Morgan fingerprint density at radius 3 is 2.57 bits per heavy atom. The van der Waals surface area contributed by atoms with Crippen molar-refractivity contribution in [2.45, 2.75) is 18.9 Å². The van der Waals surface area contributed by atoms with Crippen LogP contribution in [0.4, 0.5) is 10.3 Å². The fraction of sp³-hybridized carbons (Fsp3) is 0.556. The van der Waals surface area contributed by atoms with Gasteiger partial charge in [0.1, 0.15) is 0 Å². The zero-order chi connectivity index (χ0) is 9.97. The average Bonchev–Trinajstić information content (AvgIpc) is 2.99. The molecule has 1 fully saturated rings. The smallest absolute Gasteiger partial charge is 0.225 e. The summed E-state index contributed by atoms with van der Waals surface area (Å²) in [6, 6.07) is 0.554. The standard InChI is InChI=1S/C9H11BrFN3/c10-3-4-14(8-1-2-8)9-12-5-7(11)6-13-9/h5-6,8H,1-4H2. The summed E-state index contributed by atoms with van der Waals surface area (Å²) in [6.45, 7) is 0.871. The Labute approximate surface area is 90.5 Å². The van der Waals surface area contributed by atoms with Crippen molar-refractivity contribution in [2.24, 2.45) is 0 Å². The Morgan fingerprint density at radius 2 is 2.07 bits per heavy atom.